The number of aryl methyl sites for hydroxylation is 1. The number of hydrogen-bond donors (Lipinski definition) is 0. The van der Waals surface area contributed by atoms with Crippen LogP contribution in [0.3, 0.4) is 0 Å². The van der Waals surface area contributed by atoms with Crippen LogP contribution in [0.2, 0.25) is 0 Å². The van der Waals surface area contributed by atoms with Crippen molar-refractivity contribution in [3.8, 4) is 0 Å². The van der Waals surface area contributed by atoms with Crippen LogP contribution in [0.5, 0.6) is 0 Å². The number of hydrogen-bond acceptors (Lipinski definition) is 2. The van der Waals surface area contributed by atoms with Crippen LogP contribution in [0.4, 0.5) is 4.79 Å². The number of halogens is 1. The van der Waals surface area contributed by atoms with Gasteiger partial charge < -0.3 is 4.74 Å². The van der Waals surface area contributed by atoms with E-state index in [-0.39, 0.29) is 6.09 Å². The molecule has 1 aromatic carbocycles. The number of carbonyl (C=O) groups is 1. The highest BCUT2D eigenvalue weighted by Gasteiger charge is 2.19. The van der Waals surface area contributed by atoms with Crippen molar-refractivity contribution in [2.24, 2.45) is 0 Å². The zero-order chi connectivity index (χ0) is 13.5. The lowest BCUT2D eigenvalue weighted by Gasteiger charge is -2.19. The first-order chi connectivity index (χ1) is 8.28. The van der Waals surface area contributed by atoms with Crippen LogP contribution in [0.15, 0.2) is 24.4 Å². The highest BCUT2D eigenvalue weighted by Crippen LogP contribution is 2.23. The summed E-state index contributed by atoms with van der Waals surface area (Å²) in [7, 11) is 0. The molecule has 0 fully saturated rings. The predicted molar refractivity (Wildman–Crippen MR) is 81.0 cm³/mol. The summed E-state index contributed by atoms with van der Waals surface area (Å²) < 4.78 is 8.14. The molecule has 1 heterocycles. The highest BCUT2D eigenvalue weighted by molar-refractivity contribution is 14.1. The van der Waals surface area contributed by atoms with Crippen LogP contribution >= 0.6 is 22.6 Å². The third-order valence-corrected chi connectivity index (χ3v) is 3.72. The van der Waals surface area contributed by atoms with Gasteiger partial charge in [0.05, 0.1) is 5.52 Å². The first kappa shape index (κ1) is 13.4. The minimum absolute atomic E-state index is 0.335. The lowest BCUT2D eigenvalue weighted by atomic mass is 10.2. The van der Waals surface area contributed by atoms with Crippen molar-refractivity contribution in [2.75, 3.05) is 0 Å². The minimum atomic E-state index is -0.480. The number of fused-ring (bicyclic) bond motifs is 1. The largest absolute Gasteiger partial charge is 0.443 e. The molecule has 0 aliphatic carbocycles. The molecule has 0 aliphatic rings. The number of carbonyl (C=O) groups excluding carboxylic acids is 1. The average molecular weight is 357 g/mol. The summed E-state index contributed by atoms with van der Waals surface area (Å²) in [6.45, 7) is 7.63. The van der Waals surface area contributed by atoms with E-state index in [1.165, 1.54) is 3.57 Å². The van der Waals surface area contributed by atoms with E-state index in [1.807, 2.05) is 39.8 Å². The quantitative estimate of drug-likeness (QED) is 0.657. The van der Waals surface area contributed by atoms with Gasteiger partial charge in [-0.25, -0.2) is 4.79 Å². The molecule has 0 spiro atoms. The Hall–Kier alpha value is -1.04. The summed E-state index contributed by atoms with van der Waals surface area (Å²) in [5.74, 6) is 0. The van der Waals surface area contributed by atoms with Gasteiger partial charge in [-0.3, -0.25) is 4.57 Å². The van der Waals surface area contributed by atoms with Crippen molar-refractivity contribution in [1.29, 1.82) is 0 Å². The van der Waals surface area contributed by atoms with Gasteiger partial charge in [0.25, 0.3) is 0 Å². The second-order valence-corrected chi connectivity index (χ2v) is 6.49. The average Bonchev–Trinajstić information content (AvgIpc) is 2.59. The first-order valence-electron chi connectivity index (χ1n) is 5.78. The molecule has 0 amide bonds. The third kappa shape index (κ3) is 2.68. The van der Waals surface area contributed by atoms with E-state index in [0.717, 1.165) is 16.5 Å². The fourth-order valence-electron chi connectivity index (χ4n) is 1.73. The predicted octanol–water partition coefficient (Wildman–Crippen LogP) is 4.34. The Morgan fingerprint density at radius 3 is 2.61 bits per heavy atom. The summed E-state index contributed by atoms with van der Waals surface area (Å²) in [6.07, 6.45) is 1.42. The first-order valence-corrected chi connectivity index (χ1v) is 6.86. The Kier molecular flexibility index (Phi) is 3.40. The van der Waals surface area contributed by atoms with Gasteiger partial charge in [-0.05, 0) is 74.0 Å². The fourth-order valence-corrected chi connectivity index (χ4v) is 2.22. The van der Waals surface area contributed by atoms with Gasteiger partial charge in [-0.15, -0.1) is 0 Å². The van der Waals surface area contributed by atoms with Crippen molar-refractivity contribution in [3.05, 3.63) is 33.5 Å². The molecule has 4 heteroatoms. The van der Waals surface area contributed by atoms with E-state index in [1.54, 1.807) is 10.8 Å². The number of benzene rings is 1. The van der Waals surface area contributed by atoms with E-state index < -0.39 is 5.60 Å². The molecular weight excluding hydrogens is 341 g/mol. The van der Waals surface area contributed by atoms with Crippen molar-refractivity contribution < 1.29 is 9.53 Å². The highest BCUT2D eigenvalue weighted by atomic mass is 127. The van der Waals surface area contributed by atoms with Crippen LogP contribution in [-0.4, -0.2) is 16.3 Å². The lowest BCUT2D eigenvalue weighted by Crippen LogP contribution is -2.26. The zero-order valence-electron chi connectivity index (χ0n) is 11.0. The molecule has 3 nitrogen and oxygen atoms in total. The van der Waals surface area contributed by atoms with Crippen molar-refractivity contribution in [2.45, 2.75) is 33.3 Å². The maximum atomic E-state index is 12.1. The Labute approximate surface area is 120 Å². The van der Waals surface area contributed by atoms with E-state index in [9.17, 15) is 4.79 Å². The molecule has 18 heavy (non-hydrogen) atoms. The van der Waals surface area contributed by atoms with Crippen LogP contribution in [-0.2, 0) is 4.74 Å². The summed E-state index contributed by atoms with van der Waals surface area (Å²) in [5.41, 5.74) is 1.57. The molecule has 0 saturated heterocycles. The Balaban J connectivity index is 2.46. The van der Waals surface area contributed by atoms with Crippen molar-refractivity contribution in [3.63, 3.8) is 0 Å². The standard InChI is InChI=1S/C14H16INO2/c1-9-7-12-10(8-11(9)15)5-6-16(12)13(17)18-14(2,3)4/h5-8H,1-4H3. The SMILES string of the molecule is Cc1cc2c(ccn2C(=O)OC(C)(C)C)cc1I. The maximum absolute atomic E-state index is 12.1. The second kappa shape index (κ2) is 4.57. The Morgan fingerprint density at radius 1 is 1.33 bits per heavy atom. The smallest absolute Gasteiger partial charge is 0.418 e. The molecule has 0 bridgehead atoms. The molecule has 0 radical (unpaired) electrons. The number of ether oxygens (including phenoxy) is 1. The monoisotopic (exact) mass is 357 g/mol. The normalized spacial score (nSPS) is 11.8. The summed E-state index contributed by atoms with van der Waals surface area (Å²) >= 11 is 2.30. The van der Waals surface area contributed by atoms with Gasteiger partial charge in [0.15, 0.2) is 0 Å². The van der Waals surface area contributed by atoms with Crippen LogP contribution < -0.4 is 0 Å². The molecule has 0 saturated carbocycles. The molecule has 2 aromatic rings. The molecule has 96 valence electrons. The van der Waals surface area contributed by atoms with E-state index in [0.29, 0.717) is 0 Å². The van der Waals surface area contributed by atoms with E-state index in [4.69, 9.17) is 4.74 Å². The minimum Gasteiger partial charge on any atom is -0.443 e. The maximum Gasteiger partial charge on any atom is 0.418 e. The van der Waals surface area contributed by atoms with Gasteiger partial charge in [0.1, 0.15) is 5.60 Å². The number of aromatic nitrogens is 1. The van der Waals surface area contributed by atoms with Gasteiger partial charge in [-0.2, -0.15) is 0 Å². The van der Waals surface area contributed by atoms with Crippen LogP contribution in [0.25, 0.3) is 10.9 Å². The molecule has 0 atom stereocenters. The Morgan fingerprint density at radius 2 is 2.00 bits per heavy atom. The third-order valence-electron chi connectivity index (χ3n) is 2.56. The van der Waals surface area contributed by atoms with E-state index in [2.05, 4.69) is 28.7 Å². The Bertz CT molecular complexity index is 608. The second-order valence-electron chi connectivity index (χ2n) is 5.33. The van der Waals surface area contributed by atoms with Crippen LogP contribution in [0.1, 0.15) is 26.3 Å². The van der Waals surface area contributed by atoms with Crippen LogP contribution in [0, 0.1) is 10.5 Å². The molecule has 0 unspecified atom stereocenters. The number of nitrogens with zero attached hydrogens (tertiary/aromatic N) is 1. The molecule has 0 N–H and O–H groups in total. The molecule has 0 aliphatic heterocycles. The van der Waals surface area contributed by atoms with E-state index >= 15 is 0 Å². The van der Waals surface area contributed by atoms with Crippen molar-refractivity contribution >= 4 is 39.6 Å². The van der Waals surface area contributed by atoms with Crippen molar-refractivity contribution in [1.82, 2.24) is 4.57 Å². The lowest BCUT2D eigenvalue weighted by molar-refractivity contribution is 0.0544. The van der Waals surface area contributed by atoms with Gasteiger partial charge >= 0.3 is 6.09 Å². The fraction of sp³-hybridized carbons (Fsp3) is 0.357. The van der Waals surface area contributed by atoms with Gasteiger partial charge in [0, 0.05) is 15.2 Å². The topological polar surface area (TPSA) is 31.2 Å². The molecule has 1 aromatic heterocycles. The van der Waals surface area contributed by atoms with Gasteiger partial charge in [0.2, 0.25) is 0 Å². The molecular formula is C14H16INO2. The summed E-state index contributed by atoms with van der Waals surface area (Å²) in [5, 5.41) is 1.05. The zero-order valence-corrected chi connectivity index (χ0v) is 13.1. The summed E-state index contributed by atoms with van der Waals surface area (Å²) in [6, 6.07) is 6.02. The van der Waals surface area contributed by atoms with Gasteiger partial charge in [-0.1, -0.05) is 0 Å². The summed E-state index contributed by atoms with van der Waals surface area (Å²) in [4.78, 5) is 12.1. The number of rotatable bonds is 0. The molecule has 2 rings (SSSR count).